The normalized spacial score (nSPS) is 12.8. The van der Waals surface area contributed by atoms with E-state index in [-0.39, 0.29) is 22.3 Å². The molecule has 182 valence electrons. The molecule has 0 fully saturated rings. The highest BCUT2D eigenvalue weighted by molar-refractivity contribution is 6.37. The van der Waals surface area contributed by atoms with Crippen LogP contribution in [0.5, 0.6) is 0 Å². The van der Waals surface area contributed by atoms with Crippen molar-refractivity contribution in [3.63, 3.8) is 0 Å². The van der Waals surface area contributed by atoms with Crippen LogP contribution >= 0.6 is 23.2 Å². The Morgan fingerprint density at radius 2 is 1.69 bits per heavy atom. The number of hydrogen-bond acceptors (Lipinski definition) is 6. The molecular weight excluding hydrogens is 505 g/mol. The zero-order valence-corrected chi connectivity index (χ0v) is 20.3. The quantitative estimate of drug-likeness (QED) is 0.288. The lowest BCUT2D eigenvalue weighted by molar-refractivity contribution is 0.0472. The molecular formula is C25H19Cl2N5O4. The summed E-state index contributed by atoms with van der Waals surface area (Å²) in [6.45, 7) is 0.533. The first kappa shape index (κ1) is 23.8. The number of aryl methyl sites for hydroxylation is 1. The van der Waals surface area contributed by atoms with Gasteiger partial charge in [-0.3, -0.25) is 4.90 Å². The Hall–Kier alpha value is -3.95. The maximum atomic E-state index is 13.3. The molecule has 2 heterocycles. The van der Waals surface area contributed by atoms with Crippen LogP contribution in [0.3, 0.4) is 0 Å². The number of tetrazole rings is 1. The Bertz CT molecular complexity index is 1500. The SMILES string of the molecule is O=C(OCc1ccccc1)c1ccc2c(c1)CCCN2C(=O)n1nnn(-c2c(Cl)cccc2Cl)c1=O. The van der Waals surface area contributed by atoms with Gasteiger partial charge in [-0.2, -0.15) is 4.68 Å². The third-order valence-corrected chi connectivity index (χ3v) is 6.40. The van der Waals surface area contributed by atoms with E-state index in [1.165, 1.54) is 4.90 Å². The van der Waals surface area contributed by atoms with Gasteiger partial charge < -0.3 is 4.74 Å². The Morgan fingerprint density at radius 1 is 0.944 bits per heavy atom. The average Bonchev–Trinajstić information content (AvgIpc) is 3.27. The highest BCUT2D eigenvalue weighted by Gasteiger charge is 2.28. The fourth-order valence-corrected chi connectivity index (χ4v) is 4.60. The first-order chi connectivity index (χ1) is 17.4. The number of carbonyl (C=O) groups excluding carboxylic acids is 2. The predicted molar refractivity (Wildman–Crippen MR) is 134 cm³/mol. The number of benzene rings is 3. The molecule has 1 aliphatic rings. The first-order valence-electron chi connectivity index (χ1n) is 11.1. The van der Waals surface area contributed by atoms with E-state index in [2.05, 4.69) is 10.4 Å². The van der Waals surface area contributed by atoms with Crippen LogP contribution in [0.2, 0.25) is 10.0 Å². The third kappa shape index (κ3) is 4.50. The molecule has 0 spiro atoms. The molecule has 0 unspecified atom stereocenters. The predicted octanol–water partition coefficient (Wildman–Crippen LogP) is 4.51. The third-order valence-electron chi connectivity index (χ3n) is 5.79. The minimum absolute atomic E-state index is 0.141. The van der Waals surface area contributed by atoms with Crippen molar-refractivity contribution in [3.8, 4) is 5.69 Å². The number of esters is 1. The van der Waals surface area contributed by atoms with Crippen molar-refractivity contribution in [3.05, 3.63) is 104 Å². The minimum Gasteiger partial charge on any atom is -0.457 e. The van der Waals surface area contributed by atoms with Crippen LogP contribution in [-0.2, 0) is 17.8 Å². The molecule has 3 aromatic carbocycles. The van der Waals surface area contributed by atoms with Gasteiger partial charge in [0.25, 0.3) is 0 Å². The van der Waals surface area contributed by atoms with Crippen LogP contribution in [0, 0.1) is 0 Å². The first-order valence-corrected chi connectivity index (χ1v) is 11.8. The number of rotatable bonds is 4. The Balaban J connectivity index is 1.38. The molecule has 0 radical (unpaired) electrons. The van der Waals surface area contributed by atoms with Crippen molar-refractivity contribution < 1.29 is 14.3 Å². The van der Waals surface area contributed by atoms with Crippen LogP contribution in [0.25, 0.3) is 5.69 Å². The maximum absolute atomic E-state index is 13.3. The summed E-state index contributed by atoms with van der Waals surface area (Å²) in [4.78, 5) is 40.3. The lowest BCUT2D eigenvalue weighted by atomic mass is 9.99. The van der Waals surface area contributed by atoms with Gasteiger partial charge in [0.2, 0.25) is 0 Å². The van der Waals surface area contributed by atoms with Crippen molar-refractivity contribution in [1.82, 2.24) is 19.8 Å². The minimum atomic E-state index is -0.803. The summed E-state index contributed by atoms with van der Waals surface area (Å²) in [6.07, 6.45) is 1.30. The second-order valence-corrected chi connectivity index (χ2v) is 8.91. The number of anilines is 1. The van der Waals surface area contributed by atoms with Gasteiger partial charge in [-0.1, -0.05) is 59.6 Å². The summed E-state index contributed by atoms with van der Waals surface area (Å²) in [6, 6.07) is 18.4. The fourth-order valence-electron chi connectivity index (χ4n) is 4.04. The second kappa shape index (κ2) is 9.96. The number of nitrogens with zero attached hydrogens (tertiary/aromatic N) is 5. The van der Waals surface area contributed by atoms with Crippen molar-refractivity contribution in [2.75, 3.05) is 11.4 Å². The molecule has 0 N–H and O–H groups in total. The Morgan fingerprint density at radius 3 is 2.44 bits per heavy atom. The van der Waals surface area contributed by atoms with Gasteiger partial charge in [0.05, 0.1) is 15.6 Å². The molecule has 0 atom stereocenters. The Labute approximate surface area is 215 Å². The number of halogens is 2. The molecule has 0 saturated carbocycles. The van der Waals surface area contributed by atoms with Crippen molar-refractivity contribution in [2.45, 2.75) is 19.4 Å². The summed E-state index contributed by atoms with van der Waals surface area (Å²) >= 11 is 12.4. The number of fused-ring (bicyclic) bond motifs is 1. The number of aromatic nitrogens is 4. The van der Waals surface area contributed by atoms with Crippen LogP contribution < -0.4 is 10.6 Å². The fraction of sp³-hybridized carbons (Fsp3) is 0.160. The zero-order valence-electron chi connectivity index (χ0n) is 18.8. The number of para-hydroxylation sites is 1. The summed E-state index contributed by atoms with van der Waals surface area (Å²) in [7, 11) is 0. The van der Waals surface area contributed by atoms with E-state index in [1.807, 2.05) is 30.3 Å². The molecule has 4 aromatic rings. The van der Waals surface area contributed by atoms with Gasteiger partial charge in [0, 0.05) is 12.2 Å². The van der Waals surface area contributed by atoms with Crippen LogP contribution in [-0.4, -0.2) is 38.3 Å². The standard InChI is InChI=1S/C25H19Cl2N5O4/c26-19-9-4-10-20(27)22(19)31-25(35)32(29-28-31)24(34)30-13-5-8-17-14-18(11-12-21(17)30)23(33)36-15-16-6-2-1-3-7-16/h1-4,6-7,9-12,14H,5,8,13,15H2. The summed E-state index contributed by atoms with van der Waals surface area (Å²) in [5, 5.41) is 7.94. The molecule has 1 aliphatic heterocycles. The molecule has 1 aromatic heterocycles. The molecule has 0 bridgehead atoms. The zero-order chi connectivity index (χ0) is 25.2. The van der Waals surface area contributed by atoms with Gasteiger partial charge in [0.1, 0.15) is 12.3 Å². The van der Waals surface area contributed by atoms with E-state index in [1.54, 1.807) is 36.4 Å². The number of hydrogen-bond donors (Lipinski definition) is 0. The molecule has 36 heavy (non-hydrogen) atoms. The largest absolute Gasteiger partial charge is 0.457 e. The maximum Gasteiger partial charge on any atom is 0.377 e. The molecule has 5 rings (SSSR count). The van der Waals surface area contributed by atoms with Crippen molar-refractivity contribution in [2.24, 2.45) is 0 Å². The number of carbonyl (C=O) groups is 2. The topological polar surface area (TPSA) is 99.3 Å². The van der Waals surface area contributed by atoms with Crippen molar-refractivity contribution in [1.29, 1.82) is 0 Å². The van der Waals surface area contributed by atoms with Gasteiger partial charge in [0.15, 0.2) is 0 Å². The highest BCUT2D eigenvalue weighted by atomic mass is 35.5. The van der Waals surface area contributed by atoms with Gasteiger partial charge >= 0.3 is 17.7 Å². The van der Waals surface area contributed by atoms with E-state index in [0.717, 1.165) is 15.8 Å². The summed E-state index contributed by atoms with van der Waals surface area (Å²) < 4.78 is 6.97. The second-order valence-electron chi connectivity index (χ2n) is 8.10. The lowest BCUT2D eigenvalue weighted by Crippen LogP contribution is -2.43. The monoisotopic (exact) mass is 523 g/mol. The van der Waals surface area contributed by atoms with Gasteiger partial charge in [-0.15, -0.1) is 4.68 Å². The lowest BCUT2D eigenvalue weighted by Gasteiger charge is -2.28. The molecule has 1 amide bonds. The van der Waals surface area contributed by atoms with Crippen LogP contribution in [0.4, 0.5) is 10.5 Å². The van der Waals surface area contributed by atoms with E-state index in [4.69, 9.17) is 27.9 Å². The number of amides is 1. The van der Waals surface area contributed by atoms with Gasteiger partial charge in [-0.25, -0.2) is 14.4 Å². The summed E-state index contributed by atoms with van der Waals surface area (Å²) in [5.74, 6) is -0.458. The molecule has 0 aliphatic carbocycles. The molecule has 9 nitrogen and oxygen atoms in total. The van der Waals surface area contributed by atoms with E-state index >= 15 is 0 Å². The Kier molecular flexibility index (Phi) is 6.58. The van der Waals surface area contributed by atoms with Crippen LogP contribution in [0.15, 0.2) is 71.5 Å². The average molecular weight is 524 g/mol. The van der Waals surface area contributed by atoms with E-state index in [0.29, 0.717) is 35.3 Å². The smallest absolute Gasteiger partial charge is 0.377 e. The number of ether oxygens (including phenoxy) is 1. The van der Waals surface area contributed by atoms with Crippen molar-refractivity contribution >= 4 is 40.9 Å². The van der Waals surface area contributed by atoms with Gasteiger partial charge in [-0.05, 0) is 64.7 Å². The van der Waals surface area contributed by atoms with Crippen LogP contribution in [0.1, 0.15) is 27.9 Å². The highest BCUT2D eigenvalue weighted by Crippen LogP contribution is 2.29. The molecule has 0 saturated heterocycles. The van der Waals surface area contributed by atoms with E-state index in [9.17, 15) is 14.4 Å². The van der Waals surface area contributed by atoms with E-state index < -0.39 is 17.7 Å². The summed E-state index contributed by atoms with van der Waals surface area (Å²) in [5.41, 5.74) is 1.99. The molecule has 11 heteroatoms.